The summed E-state index contributed by atoms with van der Waals surface area (Å²) in [6.07, 6.45) is 1.42. The van der Waals surface area contributed by atoms with Crippen LogP contribution in [0.4, 0.5) is 5.69 Å². The zero-order chi connectivity index (χ0) is 11.7. The Hall–Kier alpha value is -1.22. The number of hydrogen-bond donors (Lipinski definition) is 2. The number of phenolic OH excluding ortho intramolecular Hbond substituents is 1. The topological polar surface area (TPSA) is 43.7 Å². The van der Waals surface area contributed by atoms with E-state index in [1.54, 1.807) is 6.07 Å². The van der Waals surface area contributed by atoms with Crippen LogP contribution in [0.25, 0.3) is 0 Å². The zero-order valence-electron chi connectivity index (χ0n) is 9.85. The summed E-state index contributed by atoms with van der Waals surface area (Å²) in [5.74, 6) is 0.326. The van der Waals surface area contributed by atoms with Crippen LogP contribution in [0.15, 0.2) is 18.2 Å². The average molecular weight is 221 g/mol. The van der Waals surface area contributed by atoms with Crippen molar-refractivity contribution in [2.75, 3.05) is 11.4 Å². The van der Waals surface area contributed by atoms with E-state index in [-0.39, 0.29) is 6.10 Å². The molecule has 0 bridgehead atoms. The Bertz CT molecular complexity index is 376. The molecule has 0 aliphatic carbocycles. The molecule has 2 atom stereocenters. The van der Waals surface area contributed by atoms with Crippen molar-refractivity contribution in [1.29, 1.82) is 0 Å². The lowest BCUT2D eigenvalue weighted by molar-refractivity contribution is 0.174. The molecule has 0 amide bonds. The summed E-state index contributed by atoms with van der Waals surface area (Å²) < 4.78 is 0. The van der Waals surface area contributed by atoms with Crippen molar-refractivity contribution in [1.82, 2.24) is 0 Å². The molecule has 0 aromatic heterocycles. The fourth-order valence-electron chi connectivity index (χ4n) is 2.61. The van der Waals surface area contributed by atoms with E-state index in [9.17, 15) is 10.2 Å². The third-order valence-corrected chi connectivity index (χ3v) is 3.22. The normalized spacial score (nSPS) is 20.9. The van der Waals surface area contributed by atoms with Gasteiger partial charge in [-0.15, -0.1) is 0 Å². The molecule has 0 saturated carbocycles. The van der Waals surface area contributed by atoms with Crippen LogP contribution in [-0.2, 0) is 6.42 Å². The molecule has 3 heteroatoms. The molecular formula is C13H19NO2. The van der Waals surface area contributed by atoms with Gasteiger partial charge in [-0.1, -0.05) is 0 Å². The monoisotopic (exact) mass is 221 g/mol. The Morgan fingerprint density at radius 3 is 2.88 bits per heavy atom. The lowest BCUT2D eigenvalue weighted by Gasteiger charge is -2.27. The summed E-state index contributed by atoms with van der Waals surface area (Å²) in [7, 11) is 0. The first kappa shape index (κ1) is 11.3. The van der Waals surface area contributed by atoms with Crippen molar-refractivity contribution in [3.05, 3.63) is 23.8 Å². The first-order chi connectivity index (χ1) is 7.61. The molecule has 3 nitrogen and oxygen atoms in total. The van der Waals surface area contributed by atoms with Crippen molar-refractivity contribution >= 4 is 5.69 Å². The number of nitrogens with zero attached hydrogens (tertiary/aromatic N) is 1. The Balaban J connectivity index is 2.25. The van der Waals surface area contributed by atoms with Crippen molar-refractivity contribution in [2.24, 2.45) is 0 Å². The summed E-state index contributed by atoms with van der Waals surface area (Å²) in [4.78, 5) is 2.31. The number of phenols is 1. The summed E-state index contributed by atoms with van der Waals surface area (Å²) in [6.45, 7) is 4.89. The van der Waals surface area contributed by atoms with Crippen LogP contribution in [0.2, 0.25) is 0 Å². The molecule has 1 aromatic carbocycles. The maximum absolute atomic E-state index is 9.48. The smallest absolute Gasteiger partial charge is 0.116 e. The molecule has 16 heavy (non-hydrogen) atoms. The van der Waals surface area contributed by atoms with Gasteiger partial charge < -0.3 is 15.1 Å². The van der Waals surface area contributed by atoms with Gasteiger partial charge in [-0.25, -0.2) is 0 Å². The van der Waals surface area contributed by atoms with Crippen LogP contribution in [-0.4, -0.2) is 28.9 Å². The Kier molecular flexibility index (Phi) is 3.06. The summed E-state index contributed by atoms with van der Waals surface area (Å²) in [5.41, 5.74) is 2.39. The van der Waals surface area contributed by atoms with Gasteiger partial charge in [0, 0.05) is 18.3 Å². The van der Waals surface area contributed by atoms with Crippen LogP contribution in [0.5, 0.6) is 5.75 Å². The molecule has 2 rings (SSSR count). The minimum atomic E-state index is -0.276. The quantitative estimate of drug-likeness (QED) is 0.819. The largest absolute Gasteiger partial charge is 0.508 e. The summed E-state index contributed by atoms with van der Waals surface area (Å²) in [6, 6.07) is 5.89. The molecule has 2 unspecified atom stereocenters. The molecule has 88 valence electrons. The molecule has 1 aliphatic heterocycles. The molecule has 1 heterocycles. The van der Waals surface area contributed by atoms with Crippen LogP contribution < -0.4 is 4.90 Å². The predicted octanol–water partition coefficient (Wildman–Crippen LogP) is 1.91. The molecule has 1 aliphatic rings. The number of aromatic hydroxyl groups is 1. The molecule has 0 saturated heterocycles. The highest BCUT2D eigenvalue weighted by molar-refractivity contribution is 5.61. The fraction of sp³-hybridized carbons (Fsp3) is 0.538. The fourth-order valence-corrected chi connectivity index (χ4v) is 2.61. The number of anilines is 1. The molecule has 0 spiro atoms. The summed E-state index contributed by atoms with van der Waals surface area (Å²) in [5, 5.41) is 18.9. The number of likely N-dealkylation sites (N-methyl/N-ethyl adjacent to an activating group) is 1. The van der Waals surface area contributed by atoms with Crippen molar-refractivity contribution in [2.45, 2.75) is 38.8 Å². The Morgan fingerprint density at radius 1 is 1.50 bits per heavy atom. The molecule has 1 aromatic rings. The van der Waals surface area contributed by atoms with Crippen LogP contribution >= 0.6 is 0 Å². The average Bonchev–Trinajstić information content (AvgIpc) is 2.52. The van der Waals surface area contributed by atoms with E-state index in [4.69, 9.17) is 0 Å². The third-order valence-electron chi connectivity index (χ3n) is 3.22. The van der Waals surface area contributed by atoms with Gasteiger partial charge in [0.1, 0.15) is 5.75 Å². The van der Waals surface area contributed by atoms with E-state index in [2.05, 4.69) is 11.8 Å². The minimum Gasteiger partial charge on any atom is -0.508 e. The first-order valence-corrected chi connectivity index (χ1v) is 5.88. The second-order valence-corrected chi connectivity index (χ2v) is 4.54. The van der Waals surface area contributed by atoms with Gasteiger partial charge in [0.25, 0.3) is 0 Å². The standard InChI is InChI=1S/C13H19NO2/c1-3-14-11(6-9(2)15)7-10-8-12(16)4-5-13(10)14/h4-5,8-9,11,15-16H,3,6-7H2,1-2H3. The van der Waals surface area contributed by atoms with Gasteiger partial charge in [0.15, 0.2) is 0 Å². The lowest BCUT2D eigenvalue weighted by Crippen LogP contribution is -2.34. The Morgan fingerprint density at radius 2 is 2.25 bits per heavy atom. The Labute approximate surface area is 96.3 Å². The highest BCUT2D eigenvalue weighted by Crippen LogP contribution is 2.35. The second-order valence-electron chi connectivity index (χ2n) is 4.54. The van der Waals surface area contributed by atoms with E-state index >= 15 is 0 Å². The van der Waals surface area contributed by atoms with Crippen LogP contribution in [0.3, 0.4) is 0 Å². The van der Waals surface area contributed by atoms with Gasteiger partial charge in [0.05, 0.1) is 6.10 Å². The predicted molar refractivity (Wildman–Crippen MR) is 64.9 cm³/mol. The molecule has 0 radical (unpaired) electrons. The minimum absolute atomic E-state index is 0.276. The number of aliphatic hydroxyl groups is 1. The highest BCUT2D eigenvalue weighted by Gasteiger charge is 2.28. The van der Waals surface area contributed by atoms with Gasteiger partial charge >= 0.3 is 0 Å². The third kappa shape index (κ3) is 2.00. The van der Waals surface area contributed by atoms with Gasteiger partial charge in [-0.3, -0.25) is 0 Å². The van der Waals surface area contributed by atoms with E-state index in [1.165, 1.54) is 11.3 Å². The maximum Gasteiger partial charge on any atom is 0.116 e. The van der Waals surface area contributed by atoms with Crippen molar-refractivity contribution in [3.8, 4) is 5.75 Å². The van der Waals surface area contributed by atoms with E-state index in [1.807, 2.05) is 19.1 Å². The second kappa shape index (κ2) is 4.34. The molecule has 0 fully saturated rings. The van der Waals surface area contributed by atoms with Gasteiger partial charge in [-0.2, -0.15) is 0 Å². The highest BCUT2D eigenvalue weighted by atomic mass is 16.3. The SMILES string of the molecule is CCN1c2ccc(O)cc2CC1CC(C)O. The zero-order valence-corrected chi connectivity index (χ0v) is 9.85. The molecular weight excluding hydrogens is 202 g/mol. The first-order valence-electron chi connectivity index (χ1n) is 5.88. The van der Waals surface area contributed by atoms with Gasteiger partial charge in [0.2, 0.25) is 0 Å². The lowest BCUT2D eigenvalue weighted by atomic mass is 10.1. The number of rotatable bonds is 3. The number of benzene rings is 1. The molecule has 2 N–H and O–H groups in total. The van der Waals surface area contributed by atoms with E-state index in [0.717, 1.165) is 19.4 Å². The number of hydrogen-bond acceptors (Lipinski definition) is 3. The number of aliphatic hydroxyl groups excluding tert-OH is 1. The van der Waals surface area contributed by atoms with E-state index < -0.39 is 0 Å². The van der Waals surface area contributed by atoms with Crippen LogP contribution in [0, 0.1) is 0 Å². The van der Waals surface area contributed by atoms with Crippen molar-refractivity contribution < 1.29 is 10.2 Å². The van der Waals surface area contributed by atoms with E-state index in [0.29, 0.717) is 11.8 Å². The number of fused-ring (bicyclic) bond motifs is 1. The summed E-state index contributed by atoms with van der Waals surface area (Å²) >= 11 is 0. The van der Waals surface area contributed by atoms with Crippen LogP contribution in [0.1, 0.15) is 25.8 Å². The maximum atomic E-state index is 9.48. The van der Waals surface area contributed by atoms with Crippen molar-refractivity contribution in [3.63, 3.8) is 0 Å². The van der Waals surface area contributed by atoms with Gasteiger partial charge in [-0.05, 0) is 50.5 Å².